The second-order valence-electron chi connectivity index (χ2n) is 8.59. The van der Waals surface area contributed by atoms with Crippen LogP contribution in [0.5, 0.6) is 11.5 Å². The largest absolute Gasteiger partial charge is 0.491 e. The minimum absolute atomic E-state index is 0.112. The molecule has 0 saturated carbocycles. The smallest absolute Gasteiger partial charge is 0.490 e. The molecule has 10 heteroatoms. The molecule has 1 saturated heterocycles. The number of carbonyl (C=O) groups excluding carboxylic acids is 2. The summed E-state index contributed by atoms with van der Waals surface area (Å²) < 4.78 is 55.5. The number of likely N-dealkylation sites (N-methyl/N-ethyl adjacent to an activating group) is 1. The van der Waals surface area contributed by atoms with Crippen LogP contribution in [-0.2, 0) is 14.3 Å². The number of para-hydroxylation sites is 1. The summed E-state index contributed by atoms with van der Waals surface area (Å²) in [6.07, 6.45) is -3.56. The maximum absolute atomic E-state index is 13.7. The lowest BCUT2D eigenvalue weighted by molar-refractivity contribution is -0.189. The van der Waals surface area contributed by atoms with Crippen LogP contribution in [0, 0.1) is 0 Å². The van der Waals surface area contributed by atoms with Crippen molar-refractivity contribution >= 4 is 23.3 Å². The van der Waals surface area contributed by atoms with E-state index >= 15 is 0 Å². The van der Waals surface area contributed by atoms with Crippen molar-refractivity contribution in [3.8, 4) is 11.5 Å². The summed E-state index contributed by atoms with van der Waals surface area (Å²) in [6.45, 7) is 1.86. The van der Waals surface area contributed by atoms with Gasteiger partial charge in [0.2, 0.25) is 5.91 Å². The van der Waals surface area contributed by atoms with E-state index < -0.39 is 18.1 Å². The second-order valence-corrected chi connectivity index (χ2v) is 8.59. The molecule has 0 aromatic heterocycles. The fourth-order valence-electron chi connectivity index (χ4n) is 4.73. The number of esters is 1. The Morgan fingerprint density at radius 1 is 1.15 bits per heavy atom. The van der Waals surface area contributed by atoms with E-state index in [0.29, 0.717) is 49.0 Å². The number of hydrogen-bond acceptors (Lipinski definition) is 6. The number of alkyl halides is 3. The highest BCUT2D eigenvalue weighted by Crippen LogP contribution is 2.48. The van der Waals surface area contributed by atoms with Gasteiger partial charge >= 0.3 is 12.1 Å². The molecule has 0 spiro atoms. The van der Waals surface area contributed by atoms with Gasteiger partial charge in [0.05, 0.1) is 30.8 Å². The fourth-order valence-corrected chi connectivity index (χ4v) is 4.73. The number of carbonyl (C=O) groups is 2. The van der Waals surface area contributed by atoms with Crippen molar-refractivity contribution in [1.82, 2.24) is 0 Å². The van der Waals surface area contributed by atoms with Gasteiger partial charge in [-0.3, -0.25) is 4.79 Å². The third-order valence-electron chi connectivity index (χ3n) is 6.39. The normalized spacial score (nSPS) is 21.8. The molecule has 1 amide bonds. The van der Waals surface area contributed by atoms with Crippen LogP contribution in [0.15, 0.2) is 36.4 Å². The Balaban J connectivity index is 1.60. The van der Waals surface area contributed by atoms with Gasteiger partial charge in [-0.1, -0.05) is 18.2 Å². The number of benzene rings is 2. The molecule has 2 aromatic rings. The van der Waals surface area contributed by atoms with E-state index in [2.05, 4.69) is 0 Å². The molecule has 180 valence electrons. The lowest BCUT2D eigenvalue weighted by Gasteiger charge is -2.29. The number of amides is 1. The van der Waals surface area contributed by atoms with Crippen LogP contribution in [0.25, 0.3) is 0 Å². The van der Waals surface area contributed by atoms with Gasteiger partial charge in [-0.05, 0) is 30.5 Å². The average Bonchev–Trinajstić information content (AvgIpc) is 3.40. The van der Waals surface area contributed by atoms with Gasteiger partial charge in [0.15, 0.2) is 0 Å². The molecule has 5 rings (SSSR count). The maximum atomic E-state index is 13.7. The van der Waals surface area contributed by atoms with Gasteiger partial charge in [0.1, 0.15) is 18.1 Å². The predicted octanol–water partition coefficient (Wildman–Crippen LogP) is 3.64. The summed E-state index contributed by atoms with van der Waals surface area (Å²) in [5, 5.41) is 0. The molecule has 0 radical (unpaired) electrons. The molecule has 0 bridgehead atoms. The standard InChI is InChI=1S/C24H23F3N2O5/c1-28-8-10-33-20-11-16(19(12-18(20)28)34-23(31)24(25,26)27)21-15-6-2-3-7-17(15)29(22(21)30)13-14-5-4-9-32-14/h2-3,6-7,11-12,14,21H,4-5,8-10,13H2,1H3/t14-,21?/m1/s1. The van der Waals surface area contributed by atoms with Crippen LogP contribution in [0.2, 0.25) is 0 Å². The zero-order valence-corrected chi connectivity index (χ0v) is 18.4. The van der Waals surface area contributed by atoms with Crippen molar-refractivity contribution in [2.45, 2.75) is 31.0 Å². The number of fused-ring (bicyclic) bond motifs is 2. The molecule has 7 nitrogen and oxygen atoms in total. The molecule has 2 aromatic carbocycles. The Kier molecular flexibility index (Phi) is 5.63. The van der Waals surface area contributed by atoms with Crippen molar-refractivity contribution in [2.24, 2.45) is 0 Å². The van der Waals surface area contributed by atoms with Crippen molar-refractivity contribution in [2.75, 3.05) is 43.2 Å². The van der Waals surface area contributed by atoms with Crippen LogP contribution in [0.1, 0.15) is 29.9 Å². The molecule has 1 fully saturated rings. The lowest BCUT2D eigenvalue weighted by Crippen LogP contribution is -2.36. The molecular formula is C24H23F3N2O5. The SMILES string of the molecule is CN1CCOc2cc(C3C(=O)N(C[C@H]4CCCO4)c4ccccc43)c(OC(=O)C(F)(F)F)cc21. The first-order valence-electron chi connectivity index (χ1n) is 11.1. The zero-order valence-electron chi connectivity index (χ0n) is 18.4. The summed E-state index contributed by atoms with van der Waals surface area (Å²) in [7, 11) is 1.76. The highest BCUT2D eigenvalue weighted by molar-refractivity contribution is 6.07. The molecule has 0 N–H and O–H groups in total. The first-order chi connectivity index (χ1) is 16.2. The molecule has 3 heterocycles. The highest BCUT2D eigenvalue weighted by Gasteiger charge is 2.45. The van der Waals surface area contributed by atoms with E-state index in [1.807, 2.05) is 0 Å². The Morgan fingerprint density at radius 3 is 2.68 bits per heavy atom. The molecule has 3 aliphatic rings. The van der Waals surface area contributed by atoms with Crippen molar-refractivity contribution in [3.05, 3.63) is 47.5 Å². The Bertz CT molecular complexity index is 1130. The number of rotatable bonds is 4. The Labute approximate surface area is 194 Å². The maximum Gasteiger partial charge on any atom is 0.491 e. The highest BCUT2D eigenvalue weighted by atomic mass is 19.4. The van der Waals surface area contributed by atoms with Gasteiger partial charge in [0.25, 0.3) is 0 Å². The third kappa shape index (κ3) is 3.96. The topological polar surface area (TPSA) is 68.3 Å². The number of nitrogens with zero attached hydrogens (tertiary/aromatic N) is 2. The molecule has 0 aliphatic carbocycles. The van der Waals surface area contributed by atoms with Gasteiger partial charge in [-0.2, -0.15) is 13.2 Å². The van der Waals surface area contributed by atoms with E-state index in [-0.39, 0.29) is 23.3 Å². The number of ether oxygens (including phenoxy) is 3. The van der Waals surface area contributed by atoms with Crippen molar-refractivity contribution < 1.29 is 37.0 Å². The molecule has 2 atom stereocenters. The number of anilines is 2. The number of hydrogen-bond donors (Lipinski definition) is 0. The average molecular weight is 476 g/mol. The minimum Gasteiger partial charge on any atom is -0.490 e. The molecule has 1 unspecified atom stereocenters. The number of halogens is 3. The van der Waals surface area contributed by atoms with Crippen LogP contribution in [0.4, 0.5) is 24.5 Å². The zero-order chi connectivity index (χ0) is 24.0. The van der Waals surface area contributed by atoms with Crippen molar-refractivity contribution in [3.63, 3.8) is 0 Å². The van der Waals surface area contributed by atoms with Gasteiger partial charge < -0.3 is 24.0 Å². The summed E-state index contributed by atoms with van der Waals surface area (Å²) >= 11 is 0. The second kappa shape index (κ2) is 8.50. The van der Waals surface area contributed by atoms with E-state index in [9.17, 15) is 22.8 Å². The minimum atomic E-state index is -5.18. The summed E-state index contributed by atoms with van der Waals surface area (Å²) in [6, 6.07) is 9.97. The molecular weight excluding hydrogens is 453 g/mol. The van der Waals surface area contributed by atoms with Crippen LogP contribution in [-0.4, -0.2) is 57.5 Å². The fraction of sp³-hybridized carbons (Fsp3) is 0.417. The lowest BCUT2D eigenvalue weighted by atomic mass is 9.91. The van der Waals surface area contributed by atoms with E-state index in [1.54, 1.807) is 41.1 Å². The summed E-state index contributed by atoms with van der Waals surface area (Å²) in [5.74, 6) is -3.51. The third-order valence-corrected chi connectivity index (χ3v) is 6.39. The summed E-state index contributed by atoms with van der Waals surface area (Å²) in [4.78, 5) is 28.8. The molecule has 34 heavy (non-hydrogen) atoms. The van der Waals surface area contributed by atoms with Gasteiger partial charge in [0, 0.05) is 31.0 Å². The van der Waals surface area contributed by atoms with Crippen LogP contribution in [0.3, 0.4) is 0 Å². The first kappa shape index (κ1) is 22.5. The monoisotopic (exact) mass is 476 g/mol. The van der Waals surface area contributed by atoms with Gasteiger partial charge in [-0.25, -0.2) is 4.79 Å². The van der Waals surface area contributed by atoms with Crippen LogP contribution >= 0.6 is 0 Å². The van der Waals surface area contributed by atoms with Crippen LogP contribution < -0.4 is 19.3 Å². The Hall–Kier alpha value is -3.27. The van der Waals surface area contributed by atoms with Crippen molar-refractivity contribution in [1.29, 1.82) is 0 Å². The predicted molar refractivity (Wildman–Crippen MR) is 117 cm³/mol. The molecule has 3 aliphatic heterocycles. The van der Waals surface area contributed by atoms with E-state index in [1.165, 1.54) is 12.1 Å². The van der Waals surface area contributed by atoms with E-state index in [0.717, 1.165) is 12.8 Å². The first-order valence-corrected chi connectivity index (χ1v) is 11.1. The summed E-state index contributed by atoms with van der Waals surface area (Å²) in [5.41, 5.74) is 1.92. The Morgan fingerprint density at radius 2 is 1.94 bits per heavy atom. The van der Waals surface area contributed by atoms with E-state index in [4.69, 9.17) is 14.2 Å². The van der Waals surface area contributed by atoms with Gasteiger partial charge in [-0.15, -0.1) is 0 Å². The quantitative estimate of drug-likeness (QED) is 0.496.